The zero-order valence-corrected chi connectivity index (χ0v) is 13.6. The molecule has 3 rings (SSSR count). The van der Waals surface area contributed by atoms with Crippen molar-refractivity contribution >= 4 is 26.6 Å². The number of hydrogen-bond acceptors (Lipinski definition) is 7. The number of rotatable bonds is 3. The van der Waals surface area contributed by atoms with Crippen molar-refractivity contribution in [2.45, 2.75) is 11.8 Å². The Morgan fingerprint density at radius 1 is 1.13 bits per heavy atom. The fourth-order valence-corrected chi connectivity index (χ4v) is 3.34. The van der Waals surface area contributed by atoms with Gasteiger partial charge in [0.15, 0.2) is 11.0 Å². The summed E-state index contributed by atoms with van der Waals surface area (Å²) in [6.45, 7) is 1.85. The van der Waals surface area contributed by atoms with Gasteiger partial charge in [0.1, 0.15) is 0 Å². The van der Waals surface area contributed by atoms with Crippen LogP contribution in [0.2, 0.25) is 0 Å². The average Bonchev–Trinajstić information content (AvgIpc) is 2.85. The van der Waals surface area contributed by atoms with Gasteiger partial charge in [-0.3, -0.25) is 4.55 Å². The summed E-state index contributed by atoms with van der Waals surface area (Å²) in [4.78, 5) is 13.5. The Labute approximate surface area is 136 Å². The Hall–Kier alpha value is -2.36. The fraction of sp³-hybridized carbons (Fsp3) is 0.0714. The smallest absolute Gasteiger partial charge is 0.294 e. The van der Waals surface area contributed by atoms with Crippen LogP contribution < -0.4 is 5.73 Å². The van der Waals surface area contributed by atoms with Crippen LogP contribution in [0.4, 0.5) is 5.13 Å². The Balaban J connectivity index is 2.02. The molecule has 2 aromatic heterocycles. The second-order valence-electron chi connectivity index (χ2n) is 4.73. The van der Waals surface area contributed by atoms with Crippen molar-refractivity contribution in [2.75, 3.05) is 5.73 Å². The Kier molecular flexibility index (Phi) is 3.84. The predicted molar refractivity (Wildman–Crippen MR) is 87.5 cm³/mol. The molecule has 0 amide bonds. The number of benzene rings is 1. The largest absolute Gasteiger partial charge is 0.375 e. The van der Waals surface area contributed by atoms with Crippen molar-refractivity contribution in [3.8, 4) is 22.0 Å². The minimum absolute atomic E-state index is 0.177. The average molecular weight is 348 g/mol. The Morgan fingerprint density at radius 3 is 2.39 bits per heavy atom. The molecule has 0 fully saturated rings. The van der Waals surface area contributed by atoms with Gasteiger partial charge in [0, 0.05) is 11.8 Å². The van der Waals surface area contributed by atoms with Gasteiger partial charge in [0.05, 0.1) is 21.2 Å². The first-order chi connectivity index (χ1) is 10.8. The van der Waals surface area contributed by atoms with Gasteiger partial charge in [-0.25, -0.2) is 15.0 Å². The molecule has 9 heteroatoms. The number of nitrogens with zero attached hydrogens (tertiary/aromatic N) is 3. The molecule has 0 aliphatic rings. The van der Waals surface area contributed by atoms with E-state index in [2.05, 4.69) is 15.0 Å². The third-order valence-corrected chi connectivity index (χ3v) is 4.99. The minimum Gasteiger partial charge on any atom is -0.375 e. The van der Waals surface area contributed by atoms with Crippen molar-refractivity contribution in [3.63, 3.8) is 0 Å². The minimum atomic E-state index is -4.22. The SMILES string of the molecule is Cc1nc(N)sc1-c1ccnc(-c2ccc(S(=O)(=O)O)cc2)n1. The number of nitrogen functional groups attached to an aromatic ring is 1. The third-order valence-electron chi connectivity index (χ3n) is 3.11. The second kappa shape index (κ2) is 5.69. The highest BCUT2D eigenvalue weighted by atomic mass is 32.2. The summed E-state index contributed by atoms with van der Waals surface area (Å²) < 4.78 is 31.1. The lowest BCUT2D eigenvalue weighted by Gasteiger charge is -2.04. The maximum atomic E-state index is 11.1. The molecule has 3 aromatic rings. The van der Waals surface area contributed by atoms with E-state index >= 15 is 0 Å². The summed E-state index contributed by atoms with van der Waals surface area (Å²) in [6.07, 6.45) is 1.61. The molecule has 3 N–H and O–H groups in total. The molecule has 0 spiro atoms. The predicted octanol–water partition coefficient (Wildman–Crippen LogP) is 2.40. The summed E-state index contributed by atoms with van der Waals surface area (Å²) >= 11 is 1.34. The molecular formula is C14H12N4O3S2. The molecule has 0 unspecified atom stereocenters. The molecule has 0 radical (unpaired) electrons. The van der Waals surface area contributed by atoms with Gasteiger partial charge < -0.3 is 5.73 Å². The van der Waals surface area contributed by atoms with Gasteiger partial charge in [0.25, 0.3) is 10.1 Å². The fourth-order valence-electron chi connectivity index (χ4n) is 2.06. The Bertz CT molecular complexity index is 966. The summed E-state index contributed by atoms with van der Waals surface area (Å²) in [5, 5.41) is 0.468. The monoisotopic (exact) mass is 348 g/mol. The van der Waals surface area contributed by atoms with E-state index in [0.717, 1.165) is 10.6 Å². The Morgan fingerprint density at radius 2 is 1.83 bits per heavy atom. The van der Waals surface area contributed by atoms with Crippen molar-refractivity contribution in [3.05, 3.63) is 42.2 Å². The molecule has 118 valence electrons. The van der Waals surface area contributed by atoms with Crippen LogP contribution in [0.25, 0.3) is 22.0 Å². The molecule has 7 nitrogen and oxygen atoms in total. The molecule has 23 heavy (non-hydrogen) atoms. The lowest BCUT2D eigenvalue weighted by Crippen LogP contribution is -1.98. The summed E-state index contributed by atoms with van der Waals surface area (Å²) in [5.41, 5.74) is 7.83. The maximum Gasteiger partial charge on any atom is 0.294 e. The standard InChI is InChI=1S/C14H12N4O3S2/c1-8-12(22-14(15)17-8)11-6-7-16-13(18-11)9-2-4-10(5-3-9)23(19,20)21/h2-7H,1H3,(H2,15,17)(H,19,20,21). The molecule has 0 aliphatic heterocycles. The van der Waals surface area contributed by atoms with Crippen LogP contribution in [0.15, 0.2) is 41.4 Å². The van der Waals surface area contributed by atoms with E-state index in [4.69, 9.17) is 10.3 Å². The highest BCUT2D eigenvalue weighted by Gasteiger charge is 2.13. The van der Waals surface area contributed by atoms with Crippen molar-refractivity contribution in [1.29, 1.82) is 0 Å². The van der Waals surface area contributed by atoms with E-state index in [1.165, 1.54) is 35.6 Å². The topological polar surface area (TPSA) is 119 Å². The normalized spacial score (nSPS) is 11.6. The molecule has 1 aromatic carbocycles. The number of nitrogens with two attached hydrogens (primary N) is 1. The van der Waals surface area contributed by atoms with Gasteiger partial charge >= 0.3 is 0 Å². The van der Waals surface area contributed by atoms with Crippen LogP contribution in [-0.4, -0.2) is 27.9 Å². The third kappa shape index (κ3) is 3.21. The zero-order valence-electron chi connectivity index (χ0n) is 12.0. The van der Waals surface area contributed by atoms with Crippen LogP contribution in [0, 0.1) is 6.92 Å². The van der Waals surface area contributed by atoms with Gasteiger partial charge in [-0.2, -0.15) is 8.42 Å². The van der Waals surface area contributed by atoms with Crippen molar-refractivity contribution in [1.82, 2.24) is 15.0 Å². The van der Waals surface area contributed by atoms with Crippen LogP contribution in [0.1, 0.15) is 5.69 Å². The summed E-state index contributed by atoms with van der Waals surface area (Å²) in [7, 11) is -4.22. The molecule has 0 atom stereocenters. The van der Waals surface area contributed by atoms with Gasteiger partial charge in [-0.15, -0.1) is 0 Å². The summed E-state index contributed by atoms with van der Waals surface area (Å²) in [6, 6.07) is 7.44. The molecule has 0 bridgehead atoms. The first-order valence-corrected chi connectivity index (χ1v) is 8.74. The van der Waals surface area contributed by atoms with Gasteiger partial charge in [0.2, 0.25) is 0 Å². The van der Waals surface area contributed by atoms with Crippen molar-refractivity contribution in [2.24, 2.45) is 0 Å². The maximum absolute atomic E-state index is 11.1. The first kappa shape index (κ1) is 15.5. The number of anilines is 1. The molecule has 2 heterocycles. The van der Waals surface area contributed by atoms with Crippen LogP contribution in [0.3, 0.4) is 0 Å². The summed E-state index contributed by atoms with van der Waals surface area (Å²) in [5.74, 6) is 0.441. The first-order valence-electron chi connectivity index (χ1n) is 6.49. The lowest BCUT2D eigenvalue weighted by molar-refractivity contribution is 0.483. The van der Waals surface area contributed by atoms with E-state index in [1.807, 2.05) is 6.92 Å². The van der Waals surface area contributed by atoms with Crippen LogP contribution >= 0.6 is 11.3 Å². The zero-order chi connectivity index (χ0) is 16.6. The van der Waals surface area contributed by atoms with E-state index in [9.17, 15) is 8.42 Å². The van der Waals surface area contributed by atoms with E-state index in [-0.39, 0.29) is 4.90 Å². The van der Waals surface area contributed by atoms with Crippen LogP contribution in [-0.2, 0) is 10.1 Å². The van der Waals surface area contributed by atoms with E-state index < -0.39 is 10.1 Å². The van der Waals surface area contributed by atoms with E-state index in [1.54, 1.807) is 12.3 Å². The quantitative estimate of drug-likeness (QED) is 0.697. The lowest BCUT2D eigenvalue weighted by atomic mass is 10.2. The molecule has 0 aliphatic carbocycles. The number of aromatic nitrogens is 3. The van der Waals surface area contributed by atoms with Crippen molar-refractivity contribution < 1.29 is 13.0 Å². The van der Waals surface area contributed by atoms with Gasteiger partial charge in [-0.1, -0.05) is 11.3 Å². The highest BCUT2D eigenvalue weighted by molar-refractivity contribution is 7.85. The molecular weight excluding hydrogens is 336 g/mol. The molecule has 0 saturated heterocycles. The number of hydrogen-bond donors (Lipinski definition) is 2. The molecule has 0 saturated carbocycles. The highest BCUT2D eigenvalue weighted by Crippen LogP contribution is 2.30. The number of thiazole rings is 1. The second-order valence-corrected chi connectivity index (χ2v) is 7.18. The number of aryl methyl sites for hydroxylation is 1. The van der Waals surface area contributed by atoms with Crippen LogP contribution in [0.5, 0.6) is 0 Å². The van der Waals surface area contributed by atoms with E-state index in [0.29, 0.717) is 22.2 Å². The van der Waals surface area contributed by atoms with Gasteiger partial charge in [-0.05, 0) is 37.3 Å².